The highest BCUT2D eigenvalue weighted by atomic mass is 16.5. The van der Waals surface area contributed by atoms with Gasteiger partial charge < -0.3 is 10.1 Å². The van der Waals surface area contributed by atoms with Gasteiger partial charge in [0.15, 0.2) is 0 Å². The van der Waals surface area contributed by atoms with Crippen LogP contribution in [0.15, 0.2) is 30.5 Å². The van der Waals surface area contributed by atoms with Gasteiger partial charge >= 0.3 is 0 Å². The number of anilines is 1. The minimum Gasteiger partial charge on any atom is -0.497 e. The lowest BCUT2D eigenvalue weighted by molar-refractivity contribution is 0.415. The van der Waals surface area contributed by atoms with E-state index >= 15 is 0 Å². The van der Waals surface area contributed by atoms with Crippen LogP contribution in [0, 0.1) is 0 Å². The molecule has 0 amide bonds. The van der Waals surface area contributed by atoms with Crippen LogP contribution in [0.1, 0.15) is 33.1 Å². The quantitative estimate of drug-likeness (QED) is 0.841. The van der Waals surface area contributed by atoms with Crippen LogP contribution in [0.3, 0.4) is 0 Å². The normalized spacial score (nSPS) is 12.4. The molecule has 1 N–H and O–H groups in total. The molecule has 2 rings (SSSR count). The monoisotopic (exact) mass is 258 g/mol. The Hall–Kier alpha value is -1.77. The van der Waals surface area contributed by atoms with E-state index < -0.39 is 0 Å². The third-order valence-corrected chi connectivity index (χ3v) is 3.44. The molecule has 102 valence electrons. The Balaban J connectivity index is 2.32. The Kier molecular flexibility index (Phi) is 4.61. The van der Waals surface area contributed by atoms with Crippen LogP contribution in [0.2, 0.25) is 0 Å². The van der Waals surface area contributed by atoms with Crippen molar-refractivity contribution in [2.24, 2.45) is 0 Å². The van der Waals surface area contributed by atoms with E-state index in [4.69, 9.17) is 4.74 Å². The second-order valence-electron chi connectivity index (χ2n) is 4.78. The molecule has 0 radical (unpaired) electrons. The largest absolute Gasteiger partial charge is 0.497 e. The maximum atomic E-state index is 5.26. The van der Waals surface area contributed by atoms with E-state index in [2.05, 4.69) is 30.2 Å². The summed E-state index contributed by atoms with van der Waals surface area (Å²) >= 11 is 0. The summed E-state index contributed by atoms with van der Waals surface area (Å²) in [7, 11) is 1.69. The van der Waals surface area contributed by atoms with Crippen molar-refractivity contribution < 1.29 is 4.74 Å². The number of nitrogens with zero attached hydrogens (tertiary/aromatic N) is 1. The van der Waals surface area contributed by atoms with Gasteiger partial charge in [-0.2, -0.15) is 0 Å². The van der Waals surface area contributed by atoms with Crippen LogP contribution < -0.4 is 10.1 Å². The number of hydrogen-bond acceptors (Lipinski definition) is 3. The Morgan fingerprint density at radius 2 is 2.11 bits per heavy atom. The van der Waals surface area contributed by atoms with Gasteiger partial charge in [-0.25, -0.2) is 4.98 Å². The zero-order valence-corrected chi connectivity index (χ0v) is 11.9. The molecule has 0 saturated carbocycles. The van der Waals surface area contributed by atoms with Crippen LogP contribution in [0.4, 0.5) is 5.82 Å². The van der Waals surface area contributed by atoms with E-state index in [1.807, 2.05) is 24.4 Å². The van der Waals surface area contributed by atoms with Gasteiger partial charge in [0.2, 0.25) is 0 Å². The average molecular weight is 258 g/mol. The van der Waals surface area contributed by atoms with Gasteiger partial charge in [-0.3, -0.25) is 0 Å². The van der Waals surface area contributed by atoms with E-state index in [0.29, 0.717) is 6.04 Å². The molecule has 1 unspecified atom stereocenters. The number of methoxy groups -OCH3 is 1. The summed E-state index contributed by atoms with van der Waals surface area (Å²) in [4.78, 5) is 4.48. The number of rotatable bonds is 6. The summed E-state index contributed by atoms with van der Waals surface area (Å²) in [6, 6.07) is 8.61. The highest BCUT2D eigenvalue weighted by Gasteiger charge is 2.08. The zero-order valence-electron chi connectivity index (χ0n) is 11.9. The molecule has 1 aromatic carbocycles. The Morgan fingerprint density at radius 3 is 2.79 bits per heavy atom. The number of ether oxygens (including phenoxy) is 1. The predicted molar refractivity (Wildman–Crippen MR) is 80.9 cm³/mol. The fourth-order valence-electron chi connectivity index (χ4n) is 2.32. The van der Waals surface area contributed by atoms with Gasteiger partial charge in [0, 0.05) is 17.6 Å². The molecule has 0 saturated heterocycles. The molecule has 3 heteroatoms. The summed E-state index contributed by atoms with van der Waals surface area (Å²) in [6.45, 7) is 4.42. The number of hydrogen-bond donors (Lipinski definition) is 1. The lowest BCUT2D eigenvalue weighted by atomic mass is 10.1. The van der Waals surface area contributed by atoms with Gasteiger partial charge in [0.05, 0.1) is 7.11 Å². The molecule has 0 spiro atoms. The molecule has 1 aromatic heterocycles. The maximum Gasteiger partial charge on any atom is 0.134 e. The zero-order chi connectivity index (χ0) is 13.7. The fraction of sp³-hybridized carbons (Fsp3) is 0.438. The average Bonchev–Trinajstić information content (AvgIpc) is 2.46. The summed E-state index contributed by atoms with van der Waals surface area (Å²) in [5, 5.41) is 5.86. The van der Waals surface area contributed by atoms with Crippen LogP contribution in [0.5, 0.6) is 5.75 Å². The fourth-order valence-corrected chi connectivity index (χ4v) is 2.32. The van der Waals surface area contributed by atoms with E-state index in [1.54, 1.807) is 7.11 Å². The number of fused-ring (bicyclic) bond motifs is 1. The highest BCUT2D eigenvalue weighted by Crippen LogP contribution is 2.26. The lowest BCUT2D eigenvalue weighted by Crippen LogP contribution is -2.18. The summed E-state index contributed by atoms with van der Waals surface area (Å²) < 4.78 is 5.26. The molecular formula is C16H22N2O. The summed E-state index contributed by atoms with van der Waals surface area (Å²) in [5.41, 5.74) is 0. The Labute approximate surface area is 115 Å². The lowest BCUT2D eigenvalue weighted by Gasteiger charge is -2.18. The van der Waals surface area contributed by atoms with E-state index in [9.17, 15) is 0 Å². The minimum atomic E-state index is 0.491. The molecule has 19 heavy (non-hydrogen) atoms. The Bertz CT molecular complexity index is 539. The van der Waals surface area contributed by atoms with Crippen molar-refractivity contribution in [3.05, 3.63) is 30.5 Å². The van der Waals surface area contributed by atoms with Gasteiger partial charge in [-0.05, 0) is 42.5 Å². The SMILES string of the molecule is CCCC(CC)Nc1nccc2cc(OC)ccc12. The standard InChI is InChI=1S/C16H22N2O/c1-4-6-13(5-2)18-16-15-8-7-14(19-3)11-12(15)9-10-17-16/h7-11,13H,4-6H2,1-3H3,(H,17,18). The molecule has 0 aliphatic carbocycles. The van der Waals surface area contributed by atoms with Crippen LogP contribution in [-0.2, 0) is 0 Å². The summed E-state index contributed by atoms with van der Waals surface area (Å²) in [6.07, 6.45) is 5.32. The molecule has 0 fully saturated rings. The smallest absolute Gasteiger partial charge is 0.134 e. The molecular weight excluding hydrogens is 236 g/mol. The third-order valence-electron chi connectivity index (χ3n) is 3.44. The second kappa shape index (κ2) is 6.41. The topological polar surface area (TPSA) is 34.2 Å². The number of pyridine rings is 1. The second-order valence-corrected chi connectivity index (χ2v) is 4.78. The molecule has 1 atom stereocenters. The first-order valence-corrected chi connectivity index (χ1v) is 6.97. The maximum absolute atomic E-state index is 5.26. The van der Waals surface area contributed by atoms with Gasteiger partial charge in [0.1, 0.15) is 11.6 Å². The van der Waals surface area contributed by atoms with Crippen LogP contribution in [-0.4, -0.2) is 18.1 Å². The van der Waals surface area contributed by atoms with Crippen molar-refractivity contribution in [1.29, 1.82) is 0 Å². The first-order valence-electron chi connectivity index (χ1n) is 6.97. The van der Waals surface area contributed by atoms with Gasteiger partial charge in [-0.1, -0.05) is 20.3 Å². The third kappa shape index (κ3) is 3.16. The van der Waals surface area contributed by atoms with Crippen molar-refractivity contribution >= 4 is 16.6 Å². The van der Waals surface area contributed by atoms with Crippen LogP contribution in [0.25, 0.3) is 10.8 Å². The minimum absolute atomic E-state index is 0.491. The first kappa shape index (κ1) is 13.7. The molecule has 0 aliphatic rings. The molecule has 3 nitrogen and oxygen atoms in total. The number of nitrogens with one attached hydrogen (secondary N) is 1. The first-order chi connectivity index (χ1) is 9.28. The van der Waals surface area contributed by atoms with Gasteiger partial charge in [-0.15, -0.1) is 0 Å². The summed E-state index contributed by atoms with van der Waals surface area (Å²) in [5.74, 6) is 1.85. The Morgan fingerprint density at radius 1 is 1.26 bits per heavy atom. The van der Waals surface area contributed by atoms with Gasteiger partial charge in [0.25, 0.3) is 0 Å². The molecule has 0 bridgehead atoms. The number of aromatic nitrogens is 1. The van der Waals surface area contributed by atoms with Crippen molar-refractivity contribution in [1.82, 2.24) is 4.98 Å². The molecule has 2 aromatic rings. The van der Waals surface area contributed by atoms with Crippen molar-refractivity contribution in [2.75, 3.05) is 12.4 Å². The van der Waals surface area contributed by atoms with Crippen molar-refractivity contribution in [3.8, 4) is 5.75 Å². The van der Waals surface area contributed by atoms with Crippen molar-refractivity contribution in [3.63, 3.8) is 0 Å². The number of benzene rings is 1. The van der Waals surface area contributed by atoms with Crippen molar-refractivity contribution in [2.45, 2.75) is 39.2 Å². The van der Waals surface area contributed by atoms with E-state index in [0.717, 1.165) is 28.8 Å². The van der Waals surface area contributed by atoms with E-state index in [-0.39, 0.29) is 0 Å². The van der Waals surface area contributed by atoms with Crippen LogP contribution >= 0.6 is 0 Å². The molecule has 0 aliphatic heterocycles. The molecule has 1 heterocycles. The van der Waals surface area contributed by atoms with E-state index in [1.165, 1.54) is 12.8 Å². The highest BCUT2D eigenvalue weighted by molar-refractivity contribution is 5.92. The predicted octanol–water partition coefficient (Wildman–Crippen LogP) is 4.23.